The molecule has 1 saturated heterocycles. The summed E-state index contributed by atoms with van der Waals surface area (Å²) in [7, 11) is 0. The highest BCUT2D eigenvalue weighted by atomic mass is 32.2. The van der Waals surface area contributed by atoms with Crippen LogP contribution in [0.2, 0.25) is 0 Å². The fourth-order valence-corrected chi connectivity index (χ4v) is 6.19. The second-order valence-corrected chi connectivity index (χ2v) is 8.56. The van der Waals surface area contributed by atoms with E-state index in [1.165, 1.54) is 34.6 Å². The molecule has 0 aromatic heterocycles. The quantitative estimate of drug-likeness (QED) is 0.729. The zero-order chi connectivity index (χ0) is 14.5. The highest BCUT2D eigenvalue weighted by Gasteiger charge is 2.35. The molecule has 110 valence electrons. The minimum absolute atomic E-state index is 0.202. The zero-order valence-electron chi connectivity index (χ0n) is 12.5. The lowest BCUT2D eigenvalue weighted by Gasteiger charge is -2.37. The van der Waals surface area contributed by atoms with Crippen molar-refractivity contribution in [3.63, 3.8) is 0 Å². The van der Waals surface area contributed by atoms with E-state index in [1.54, 1.807) is 0 Å². The summed E-state index contributed by atoms with van der Waals surface area (Å²) in [6.45, 7) is 2.22. The van der Waals surface area contributed by atoms with Crippen molar-refractivity contribution in [2.24, 2.45) is 0 Å². The van der Waals surface area contributed by atoms with Crippen LogP contribution in [0, 0.1) is 0 Å². The number of aryl methyl sites for hydroxylation is 1. The van der Waals surface area contributed by atoms with E-state index in [1.807, 2.05) is 0 Å². The van der Waals surface area contributed by atoms with Crippen LogP contribution in [0.3, 0.4) is 0 Å². The van der Waals surface area contributed by atoms with Gasteiger partial charge in [-0.1, -0.05) is 61.5 Å². The molecule has 2 aromatic rings. The van der Waals surface area contributed by atoms with Crippen molar-refractivity contribution in [1.29, 1.82) is 0 Å². The van der Waals surface area contributed by atoms with Gasteiger partial charge >= 0.3 is 0 Å². The Kier molecular flexibility index (Phi) is 4.97. The van der Waals surface area contributed by atoms with E-state index in [0.717, 1.165) is 12.8 Å². The van der Waals surface area contributed by atoms with Gasteiger partial charge in [-0.3, -0.25) is 0 Å². The standard InChI is InChI=1S/C19H22S2/c1-2-16-9-11-17(12-10-16)15-19(20-13-6-14-21-19)18-7-4-3-5-8-18/h3-5,7-12H,2,6,13-15H2,1H3. The van der Waals surface area contributed by atoms with Gasteiger partial charge in [0.1, 0.15) is 0 Å². The molecule has 1 heterocycles. The third-order valence-corrected chi connectivity index (χ3v) is 7.43. The van der Waals surface area contributed by atoms with Crippen molar-refractivity contribution in [2.75, 3.05) is 11.5 Å². The summed E-state index contributed by atoms with van der Waals surface area (Å²) in [4.78, 5) is 0. The molecule has 0 N–H and O–H groups in total. The second-order valence-electron chi connectivity index (χ2n) is 5.52. The van der Waals surface area contributed by atoms with Gasteiger partial charge in [-0.25, -0.2) is 0 Å². The SMILES string of the molecule is CCc1ccc(CC2(c3ccccc3)SCCCS2)cc1. The van der Waals surface area contributed by atoms with Gasteiger partial charge in [0, 0.05) is 6.42 Å². The van der Waals surface area contributed by atoms with Crippen LogP contribution in [-0.2, 0) is 16.9 Å². The number of thioether (sulfide) groups is 2. The average molecular weight is 315 g/mol. The molecule has 0 radical (unpaired) electrons. The van der Waals surface area contributed by atoms with Crippen LogP contribution >= 0.6 is 23.5 Å². The van der Waals surface area contributed by atoms with Gasteiger partial charge in [0.05, 0.1) is 4.08 Å². The largest absolute Gasteiger partial charge is 0.139 e. The highest BCUT2D eigenvalue weighted by molar-refractivity contribution is 8.18. The molecule has 0 unspecified atom stereocenters. The molecule has 2 heteroatoms. The molecule has 21 heavy (non-hydrogen) atoms. The van der Waals surface area contributed by atoms with E-state index < -0.39 is 0 Å². The van der Waals surface area contributed by atoms with Crippen molar-refractivity contribution in [3.8, 4) is 0 Å². The normalized spacial score (nSPS) is 17.6. The van der Waals surface area contributed by atoms with Crippen LogP contribution in [0.15, 0.2) is 54.6 Å². The van der Waals surface area contributed by atoms with E-state index in [4.69, 9.17) is 0 Å². The van der Waals surface area contributed by atoms with Crippen LogP contribution < -0.4 is 0 Å². The highest BCUT2D eigenvalue weighted by Crippen LogP contribution is 2.52. The minimum Gasteiger partial charge on any atom is -0.139 e. The number of hydrogen-bond acceptors (Lipinski definition) is 2. The van der Waals surface area contributed by atoms with Crippen molar-refractivity contribution < 1.29 is 0 Å². The predicted molar refractivity (Wildman–Crippen MR) is 97.2 cm³/mol. The molecule has 0 aliphatic carbocycles. The number of rotatable bonds is 4. The number of hydrogen-bond donors (Lipinski definition) is 0. The Labute approximate surface area is 136 Å². The lowest BCUT2D eigenvalue weighted by Crippen LogP contribution is -2.25. The van der Waals surface area contributed by atoms with Gasteiger partial charge in [0.15, 0.2) is 0 Å². The summed E-state index contributed by atoms with van der Waals surface area (Å²) in [6, 6.07) is 20.3. The second kappa shape index (κ2) is 6.93. The van der Waals surface area contributed by atoms with Gasteiger partial charge in [0.25, 0.3) is 0 Å². The summed E-state index contributed by atoms with van der Waals surface area (Å²) in [5, 5.41) is 0. The van der Waals surface area contributed by atoms with E-state index in [9.17, 15) is 0 Å². The Morgan fingerprint density at radius 3 is 2.10 bits per heavy atom. The first kappa shape index (κ1) is 15.1. The predicted octanol–water partition coefficient (Wildman–Crippen LogP) is 5.51. The maximum absolute atomic E-state index is 2.32. The molecule has 0 atom stereocenters. The third-order valence-electron chi connectivity index (χ3n) is 4.04. The Bertz CT molecular complexity index is 554. The first-order valence-electron chi connectivity index (χ1n) is 7.74. The Morgan fingerprint density at radius 1 is 0.857 bits per heavy atom. The molecule has 1 aliphatic heterocycles. The topological polar surface area (TPSA) is 0 Å². The smallest absolute Gasteiger partial charge is 0.0900 e. The molecule has 0 bridgehead atoms. The first-order valence-corrected chi connectivity index (χ1v) is 9.71. The molecular weight excluding hydrogens is 292 g/mol. The summed E-state index contributed by atoms with van der Waals surface area (Å²) in [5.74, 6) is 2.55. The fraction of sp³-hybridized carbons (Fsp3) is 0.368. The first-order chi connectivity index (χ1) is 10.3. The molecule has 1 aliphatic rings. The van der Waals surface area contributed by atoms with E-state index >= 15 is 0 Å². The van der Waals surface area contributed by atoms with Crippen LogP contribution in [0.25, 0.3) is 0 Å². The average Bonchev–Trinajstić information content (AvgIpc) is 2.57. The van der Waals surface area contributed by atoms with Crippen LogP contribution in [0.1, 0.15) is 30.0 Å². The summed E-state index contributed by atoms with van der Waals surface area (Å²) < 4.78 is 0.202. The van der Waals surface area contributed by atoms with Crippen molar-refractivity contribution >= 4 is 23.5 Å². The van der Waals surface area contributed by atoms with E-state index in [-0.39, 0.29) is 4.08 Å². The Morgan fingerprint density at radius 2 is 1.48 bits per heavy atom. The van der Waals surface area contributed by atoms with Crippen molar-refractivity contribution in [3.05, 3.63) is 71.3 Å². The molecule has 0 nitrogen and oxygen atoms in total. The number of benzene rings is 2. The Balaban J connectivity index is 1.88. The monoisotopic (exact) mass is 314 g/mol. The van der Waals surface area contributed by atoms with Crippen molar-refractivity contribution in [1.82, 2.24) is 0 Å². The van der Waals surface area contributed by atoms with Gasteiger partial charge in [-0.15, -0.1) is 23.5 Å². The summed E-state index contributed by atoms with van der Waals surface area (Å²) in [6.07, 6.45) is 3.57. The maximum Gasteiger partial charge on any atom is 0.0900 e. The molecular formula is C19H22S2. The van der Waals surface area contributed by atoms with E-state index in [2.05, 4.69) is 85.0 Å². The maximum atomic E-state index is 2.32. The van der Waals surface area contributed by atoms with Gasteiger partial charge in [0.2, 0.25) is 0 Å². The lowest BCUT2D eigenvalue weighted by atomic mass is 10.0. The lowest BCUT2D eigenvalue weighted by molar-refractivity contribution is 0.846. The fourth-order valence-electron chi connectivity index (χ4n) is 2.80. The van der Waals surface area contributed by atoms with Gasteiger partial charge in [-0.05, 0) is 41.0 Å². The molecule has 0 spiro atoms. The summed E-state index contributed by atoms with van der Waals surface area (Å²) >= 11 is 4.26. The Hall–Kier alpha value is -0.860. The molecule has 3 rings (SSSR count). The molecule has 0 saturated carbocycles. The zero-order valence-corrected chi connectivity index (χ0v) is 14.2. The van der Waals surface area contributed by atoms with Crippen molar-refractivity contribution in [2.45, 2.75) is 30.3 Å². The molecule has 1 fully saturated rings. The van der Waals surface area contributed by atoms with Crippen LogP contribution in [0.5, 0.6) is 0 Å². The van der Waals surface area contributed by atoms with Crippen LogP contribution in [-0.4, -0.2) is 11.5 Å². The molecule has 0 amide bonds. The molecule has 2 aromatic carbocycles. The minimum atomic E-state index is 0.202. The van der Waals surface area contributed by atoms with Gasteiger partial charge in [-0.2, -0.15) is 0 Å². The third kappa shape index (κ3) is 3.49. The van der Waals surface area contributed by atoms with Crippen LogP contribution in [0.4, 0.5) is 0 Å². The van der Waals surface area contributed by atoms with E-state index in [0.29, 0.717) is 0 Å². The summed E-state index contributed by atoms with van der Waals surface area (Å²) in [5.41, 5.74) is 4.36. The van der Waals surface area contributed by atoms with Gasteiger partial charge < -0.3 is 0 Å².